The van der Waals surface area contributed by atoms with Crippen molar-refractivity contribution in [2.45, 2.75) is 26.9 Å². The minimum Gasteiger partial charge on any atom is -0.480 e. The van der Waals surface area contributed by atoms with Gasteiger partial charge in [-0.25, -0.2) is 4.79 Å². The van der Waals surface area contributed by atoms with Gasteiger partial charge in [-0.3, -0.25) is 4.79 Å². The van der Waals surface area contributed by atoms with E-state index >= 15 is 0 Å². The van der Waals surface area contributed by atoms with Gasteiger partial charge in [0.05, 0.1) is 0 Å². The molecule has 0 bridgehead atoms. The number of halogens is 1. The highest BCUT2D eigenvalue weighted by Gasteiger charge is 2.22. The van der Waals surface area contributed by atoms with Gasteiger partial charge >= 0.3 is 5.97 Å². The molecule has 1 N–H and O–H groups in total. The summed E-state index contributed by atoms with van der Waals surface area (Å²) in [5.74, 6) is -1.22. The molecule has 0 heterocycles. The number of benzene rings is 1. The molecule has 0 aliphatic rings. The van der Waals surface area contributed by atoms with Crippen molar-refractivity contribution < 1.29 is 19.4 Å². The van der Waals surface area contributed by atoms with Crippen molar-refractivity contribution in [1.82, 2.24) is 4.90 Å². The van der Waals surface area contributed by atoms with Crippen LogP contribution < -0.4 is 4.74 Å². The highest BCUT2D eigenvalue weighted by Crippen LogP contribution is 2.24. The van der Waals surface area contributed by atoms with E-state index in [1.54, 1.807) is 11.8 Å². The Morgan fingerprint density at radius 3 is 2.45 bits per heavy atom. The topological polar surface area (TPSA) is 66.8 Å². The molecule has 0 saturated heterocycles. The summed E-state index contributed by atoms with van der Waals surface area (Å²) < 4.78 is 5.48. The Bertz CT molecular complexity index is 500. The van der Waals surface area contributed by atoms with E-state index in [-0.39, 0.29) is 17.2 Å². The van der Waals surface area contributed by atoms with E-state index in [9.17, 15) is 9.59 Å². The lowest BCUT2D eigenvalue weighted by atomic mass is 10.2. The summed E-state index contributed by atoms with van der Waals surface area (Å²) in [5, 5.41) is 9.45. The molecule has 20 heavy (non-hydrogen) atoms. The van der Waals surface area contributed by atoms with Crippen molar-refractivity contribution in [3.63, 3.8) is 0 Å². The number of carbonyl (C=O) groups is 2. The highest BCUT2D eigenvalue weighted by atomic mass is 35.5. The fraction of sp³-hybridized carbons (Fsp3) is 0.429. The molecule has 6 heteroatoms. The van der Waals surface area contributed by atoms with Gasteiger partial charge in [0.25, 0.3) is 5.91 Å². The molecular formula is C14H18ClNO4. The number of rotatable bonds is 6. The lowest BCUT2D eigenvalue weighted by Gasteiger charge is -2.23. The molecule has 1 aromatic carbocycles. The van der Waals surface area contributed by atoms with Crippen LogP contribution >= 0.6 is 11.6 Å². The molecule has 0 aromatic heterocycles. The van der Waals surface area contributed by atoms with E-state index in [0.29, 0.717) is 18.1 Å². The van der Waals surface area contributed by atoms with Crippen LogP contribution in [-0.4, -0.2) is 41.1 Å². The molecule has 0 aliphatic carbocycles. The summed E-state index contributed by atoms with van der Waals surface area (Å²) in [4.78, 5) is 24.8. The molecular weight excluding hydrogens is 282 g/mol. The molecule has 1 atom stereocenters. The quantitative estimate of drug-likeness (QED) is 0.877. The fourth-order valence-electron chi connectivity index (χ4n) is 1.80. The van der Waals surface area contributed by atoms with E-state index in [2.05, 4.69) is 0 Å². The lowest BCUT2D eigenvalue weighted by molar-refractivity contribution is -0.137. The van der Waals surface area contributed by atoms with Crippen molar-refractivity contribution in [3.05, 3.63) is 28.8 Å². The summed E-state index contributed by atoms with van der Waals surface area (Å²) in [6, 6.07) is 4.22. The smallest absolute Gasteiger partial charge is 0.339 e. The van der Waals surface area contributed by atoms with Crippen LogP contribution in [0.1, 0.15) is 31.1 Å². The average Bonchev–Trinajstić information content (AvgIpc) is 2.39. The lowest BCUT2D eigenvalue weighted by Crippen LogP contribution is -2.40. The molecule has 1 amide bonds. The standard InChI is InChI=1S/C14H18ClNO4/c1-4-16(5-2)13(17)9(3)20-12-8-10(15)6-7-11(12)14(18)19/h6-9H,4-5H2,1-3H3,(H,18,19). The van der Waals surface area contributed by atoms with Gasteiger partial charge in [-0.1, -0.05) is 11.6 Å². The number of nitrogens with zero attached hydrogens (tertiary/aromatic N) is 1. The minimum atomic E-state index is -1.13. The van der Waals surface area contributed by atoms with Crippen molar-refractivity contribution in [1.29, 1.82) is 0 Å². The second-order valence-electron chi connectivity index (χ2n) is 4.22. The number of hydrogen-bond donors (Lipinski definition) is 1. The Labute approximate surface area is 123 Å². The van der Waals surface area contributed by atoms with Gasteiger partial charge in [0, 0.05) is 18.1 Å². The first-order valence-electron chi connectivity index (χ1n) is 6.38. The van der Waals surface area contributed by atoms with Gasteiger partial charge in [-0.05, 0) is 39.0 Å². The third-order valence-corrected chi connectivity index (χ3v) is 3.14. The molecule has 0 aliphatic heterocycles. The SMILES string of the molecule is CCN(CC)C(=O)C(C)Oc1cc(Cl)ccc1C(=O)O. The summed E-state index contributed by atoms with van der Waals surface area (Å²) in [5.41, 5.74) is -0.0198. The zero-order valence-electron chi connectivity index (χ0n) is 11.7. The van der Waals surface area contributed by atoms with Crippen LogP contribution in [0.4, 0.5) is 0 Å². The molecule has 1 unspecified atom stereocenters. The van der Waals surface area contributed by atoms with E-state index in [4.69, 9.17) is 21.4 Å². The summed E-state index contributed by atoms with van der Waals surface area (Å²) in [6.45, 7) is 6.48. The Morgan fingerprint density at radius 1 is 1.35 bits per heavy atom. The molecule has 5 nitrogen and oxygen atoms in total. The van der Waals surface area contributed by atoms with Crippen molar-refractivity contribution >= 4 is 23.5 Å². The first kappa shape index (κ1) is 16.3. The number of aromatic carboxylic acids is 1. The molecule has 1 rings (SSSR count). The third-order valence-electron chi connectivity index (χ3n) is 2.90. The van der Waals surface area contributed by atoms with Crippen molar-refractivity contribution in [2.24, 2.45) is 0 Å². The van der Waals surface area contributed by atoms with Gasteiger partial charge in [-0.15, -0.1) is 0 Å². The van der Waals surface area contributed by atoms with Crippen molar-refractivity contribution in [3.8, 4) is 5.75 Å². The van der Waals surface area contributed by atoms with Crippen molar-refractivity contribution in [2.75, 3.05) is 13.1 Å². The van der Waals surface area contributed by atoms with E-state index in [0.717, 1.165) is 0 Å². The van der Waals surface area contributed by atoms with Crippen LogP contribution in [0, 0.1) is 0 Å². The van der Waals surface area contributed by atoms with E-state index < -0.39 is 12.1 Å². The summed E-state index contributed by atoms with van der Waals surface area (Å²) in [7, 11) is 0. The molecule has 0 saturated carbocycles. The van der Waals surface area contributed by atoms with Crippen LogP contribution in [-0.2, 0) is 4.79 Å². The number of ether oxygens (including phenoxy) is 1. The van der Waals surface area contributed by atoms with Gasteiger partial charge in [0.1, 0.15) is 11.3 Å². The van der Waals surface area contributed by atoms with E-state index in [1.807, 2.05) is 13.8 Å². The Hall–Kier alpha value is -1.75. The van der Waals surface area contributed by atoms with Gasteiger partial charge in [-0.2, -0.15) is 0 Å². The zero-order valence-corrected chi connectivity index (χ0v) is 12.5. The normalized spacial score (nSPS) is 11.8. The zero-order chi connectivity index (χ0) is 15.3. The van der Waals surface area contributed by atoms with Crippen LogP contribution in [0.2, 0.25) is 5.02 Å². The Kier molecular flexibility index (Phi) is 5.82. The number of amides is 1. The maximum atomic E-state index is 12.1. The number of hydrogen-bond acceptors (Lipinski definition) is 3. The van der Waals surface area contributed by atoms with E-state index in [1.165, 1.54) is 18.2 Å². The first-order chi connectivity index (χ1) is 9.40. The van der Waals surface area contributed by atoms with Crippen LogP contribution in [0.5, 0.6) is 5.75 Å². The second kappa shape index (κ2) is 7.14. The average molecular weight is 300 g/mol. The fourth-order valence-corrected chi connectivity index (χ4v) is 1.97. The summed E-state index contributed by atoms with van der Waals surface area (Å²) in [6.07, 6.45) is -0.772. The van der Waals surface area contributed by atoms with Crippen LogP contribution in [0.15, 0.2) is 18.2 Å². The maximum absolute atomic E-state index is 12.1. The number of carboxylic acid groups (broad SMARTS) is 1. The number of carbonyl (C=O) groups excluding carboxylic acids is 1. The maximum Gasteiger partial charge on any atom is 0.339 e. The predicted molar refractivity (Wildman–Crippen MR) is 76.4 cm³/mol. The van der Waals surface area contributed by atoms with Gasteiger partial charge < -0.3 is 14.7 Å². The van der Waals surface area contributed by atoms with Crippen LogP contribution in [0.3, 0.4) is 0 Å². The molecule has 0 spiro atoms. The molecule has 1 aromatic rings. The summed E-state index contributed by atoms with van der Waals surface area (Å²) >= 11 is 5.83. The van der Waals surface area contributed by atoms with Gasteiger partial charge in [0.2, 0.25) is 0 Å². The number of carboxylic acids is 1. The first-order valence-corrected chi connectivity index (χ1v) is 6.76. The Balaban J connectivity index is 2.95. The minimum absolute atomic E-state index is 0.0198. The molecule has 0 fully saturated rings. The largest absolute Gasteiger partial charge is 0.480 e. The third kappa shape index (κ3) is 3.87. The van der Waals surface area contributed by atoms with Gasteiger partial charge in [0.15, 0.2) is 6.10 Å². The molecule has 110 valence electrons. The second-order valence-corrected chi connectivity index (χ2v) is 4.65. The number of likely N-dealkylation sites (N-methyl/N-ethyl adjacent to an activating group) is 1. The van der Waals surface area contributed by atoms with Crippen LogP contribution in [0.25, 0.3) is 0 Å². The Morgan fingerprint density at radius 2 is 1.95 bits per heavy atom. The molecule has 0 radical (unpaired) electrons. The highest BCUT2D eigenvalue weighted by molar-refractivity contribution is 6.30. The predicted octanol–water partition coefficient (Wildman–Crippen LogP) is 2.67. The monoisotopic (exact) mass is 299 g/mol.